The topological polar surface area (TPSA) is 85.8 Å². The fourth-order valence-corrected chi connectivity index (χ4v) is 3.20. The van der Waals surface area contributed by atoms with Gasteiger partial charge < -0.3 is 11.2 Å². The molecule has 0 aliphatic carbocycles. The average Bonchev–Trinajstić information content (AvgIpc) is 3.02. The minimum atomic E-state index is -0.101. The third-order valence-electron chi connectivity index (χ3n) is 3.98. The summed E-state index contributed by atoms with van der Waals surface area (Å²) in [6, 6.07) is 15.7. The second-order valence-electron chi connectivity index (χ2n) is 5.89. The number of nitrogens with one attached hydrogen (secondary N) is 1. The van der Waals surface area contributed by atoms with Crippen LogP contribution in [0.5, 0.6) is 0 Å². The first-order chi connectivity index (χ1) is 12.6. The zero-order valence-corrected chi connectivity index (χ0v) is 15.6. The molecule has 0 saturated carbocycles. The van der Waals surface area contributed by atoms with Crippen molar-refractivity contribution in [3.05, 3.63) is 59.7 Å². The number of nitrogen functional groups attached to an aromatic ring is 1. The summed E-state index contributed by atoms with van der Waals surface area (Å²) in [7, 11) is 0. The lowest BCUT2D eigenvalue weighted by Crippen LogP contribution is -2.17. The largest absolute Gasteiger partial charge is 0.335 e. The highest BCUT2D eigenvalue weighted by atomic mass is 32.2. The molecular formula is C19H21N5OS. The molecule has 26 heavy (non-hydrogen) atoms. The molecular weight excluding hydrogens is 346 g/mol. The molecule has 0 bridgehead atoms. The molecule has 3 N–H and O–H groups in total. The number of hydrogen-bond donors (Lipinski definition) is 2. The SMILES string of the molecule is CCc1ccccc1NC(=O)CSc1nnc(-c2ccc(C)cc2)n1N. The molecule has 1 aromatic heterocycles. The van der Waals surface area contributed by atoms with Crippen LogP contribution in [-0.2, 0) is 11.2 Å². The summed E-state index contributed by atoms with van der Waals surface area (Å²) in [5.74, 6) is 6.78. The maximum Gasteiger partial charge on any atom is 0.234 e. The Morgan fingerprint density at radius 2 is 1.88 bits per heavy atom. The van der Waals surface area contributed by atoms with E-state index in [1.54, 1.807) is 0 Å². The minimum absolute atomic E-state index is 0.101. The second-order valence-corrected chi connectivity index (χ2v) is 6.83. The molecule has 134 valence electrons. The van der Waals surface area contributed by atoms with Gasteiger partial charge in [0.2, 0.25) is 11.1 Å². The Morgan fingerprint density at radius 1 is 1.15 bits per heavy atom. The molecule has 3 rings (SSSR count). The lowest BCUT2D eigenvalue weighted by Gasteiger charge is -2.09. The summed E-state index contributed by atoms with van der Waals surface area (Å²) in [5, 5.41) is 11.7. The first-order valence-corrected chi connectivity index (χ1v) is 9.35. The van der Waals surface area contributed by atoms with Crippen LogP contribution in [-0.4, -0.2) is 26.5 Å². The lowest BCUT2D eigenvalue weighted by atomic mass is 10.1. The number of rotatable bonds is 6. The van der Waals surface area contributed by atoms with Gasteiger partial charge in [-0.1, -0.05) is 66.7 Å². The van der Waals surface area contributed by atoms with Gasteiger partial charge in [0.05, 0.1) is 5.75 Å². The molecule has 0 unspecified atom stereocenters. The van der Waals surface area contributed by atoms with Crippen LogP contribution in [0.2, 0.25) is 0 Å². The standard InChI is InChI=1S/C19H21N5OS/c1-3-14-6-4-5-7-16(14)21-17(25)12-26-19-23-22-18(24(19)20)15-10-8-13(2)9-11-15/h4-11H,3,12,20H2,1-2H3,(H,21,25). The van der Waals surface area contributed by atoms with Crippen molar-refractivity contribution in [3.63, 3.8) is 0 Å². The highest BCUT2D eigenvalue weighted by molar-refractivity contribution is 7.99. The number of aryl methyl sites for hydroxylation is 2. The van der Waals surface area contributed by atoms with Crippen LogP contribution >= 0.6 is 11.8 Å². The highest BCUT2D eigenvalue weighted by Crippen LogP contribution is 2.22. The fraction of sp³-hybridized carbons (Fsp3) is 0.211. The van der Waals surface area contributed by atoms with Gasteiger partial charge in [0.1, 0.15) is 0 Å². The quantitative estimate of drug-likeness (QED) is 0.516. The number of carbonyl (C=O) groups is 1. The van der Waals surface area contributed by atoms with Crippen LogP contribution in [0, 0.1) is 6.92 Å². The highest BCUT2D eigenvalue weighted by Gasteiger charge is 2.14. The van der Waals surface area contributed by atoms with Gasteiger partial charge in [-0.2, -0.15) is 0 Å². The number of thioether (sulfide) groups is 1. The van der Waals surface area contributed by atoms with Crippen molar-refractivity contribution in [1.82, 2.24) is 14.9 Å². The first kappa shape index (κ1) is 18.0. The second kappa shape index (κ2) is 8.05. The van der Waals surface area contributed by atoms with Crippen molar-refractivity contribution in [3.8, 4) is 11.4 Å². The normalized spacial score (nSPS) is 10.7. The van der Waals surface area contributed by atoms with Crippen molar-refractivity contribution in [2.45, 2.75) is 25.4 Å². The maximum atomic E-state index is 12.2. The molecule has 0 radical (unpaired) electrons. The predicted octanol–water partition coefficient (Wildman–Crippen LogP) is 3.26. The van der Waals surface area contributed by atoms with E-state index in [9.17, 15) is 4.79 Å². The van der Waals surface area contributed by atoms with Crippen molar-refractivity contribution < 1.29 is 4.79 Å². The van der Waals surface area contributed by atoms with E-state index in [0.717, 1.165) is 28.8 Å². The molecule has 2 aromatic carbocycles. The molecule has 7 heteroatoms. The summed E-state index contributed by atoms with van der Waals surface area (Å²) in [6.07, 6.45) is 0.862. The Kier molecular flexibility index (Phi) is 5.58. The van der Waals surface area contributed by atoms with E-state index < -0.39 is 0 Å². The summed E-state index contributed by atoms with van der Waals surface area (Å²) < 4.78 is 1.42. The van der Waals surface area contributed by atoms with Crippen molar-refractivity contribution in [2.24, 2.45) is 0 Å². The first-order valence-electron chi connectivity index (χ1n) is 8.36. The smallest absolute Gasteiger partial charge is 0.234 e. The number of amides is 1. The van der Waals surface area contributed by atoms with Gasteiger partial charge in [0.25, 0.3) is 0 Å². The van der Waals surface area contributed by atoms with Gasteiger partial charge in [-0.3, -0.25) is 4.79 Å². The van der Waals surface area contributed by atoms with Crippen LogP contribution in [0.3, 0.4) is 0 Å². The van der Waals surface area contributed by atoms with Crippen LogP contribution in [0.4, 0.5) is 5.69 Å². The van der Waals surface area contributed by atoms with E-state index in [1.165, 1.54) is 16.4 Å². The Balaban J connectivity index is 1.65. The van der Waals surface area contributed by atoms with Gasteiger partial charge in [-0.25, -0.2) is 4.68 Å². The van der Waals surface area contributed by atoms with Gasteiger partial charge in [0.15, 0.2) is 5.82 Å². The number of hydrogen-bond acceptors (Lipinski definition) is 5. The lowest BCUT2D eigenvalue weighted by molar-refractivity contribution is -0.113. The van der Waals surface area contributed by atoms with E-state index in [0.29, 0.717) is 11.0 Å². The Bertz CT molecular complexity index is 905. The summed E-state index contributed by atoms with van der Waals surface area (Å²) in [4.78, 5) is 12.2. The average molecular weight is 367 g/mol. The molecule has 3 aromatic rings. The Morgan fingerprint density at radius 3 is 2.62 bits per heavy atom. The van der Waals surface area contributed by atoms with Crippen LogP contribution < -0.4 is 11.2 Å². The van der Waals surface area contributed by atoms with E-state index in [1.807, 2.05) is 55.5 Å². The molecule has 0 spiro atoms. The number of nitrogens with two attached hydrogens (primary N) is 1. The van der Waals surface area contributed by atoms with Gasteiger partial charge >= 0.3 is 0 Å². The van der Waals surface area contributed by atoms with E-state index in [2.05, 4.69) is 22.4 Å². The zero-order valence-electron chi connectivity index (χ0n) is 14.8. The molecule has 1 amide bonds. The Labute approximate surface area is 156 Å². The van der Waals surface area contributed by atoms with E-state index >= 15 is 0 Å². The summed E-state index contributed by atoms with van der Waals surface area (Å²) in [6.45, 7) is 4.08. The molecule has 0 aliphatic heterocycles. The third-order valence-corrected chi connectivity index (χ3v) is 4.92. The predicted molar refractivity (Wildman–Crippen MR) is 106 cm³/mol. The maximum absolute atomic E-state index is 12.2. The van der Waals surface area contributed by atoms with Crippen LogP contribution in [0.1, 0.15) is 18.1 Å². The van der Waals surface area contributed by atoms with Crippen molar-refractivity contribution >= 4 is 23.4 Å². The molecule has 0 atom stereocenters. The number of para-hydroxylation sites is 1. The van der Waals surface area contributed by atoms with Gasteiger partial charge in [-0.15, -0.1) is 10.2 Å². The molecule has 0 fully saturated rings. The molecule has 0 aliphatic rings. The fourth-order valence-electron chi connectivity index (χ4n) is 2.54. The van der Waals surface area contributed by atoms with Crippen LogP contribution in [0.15, 0.2) is 53.7 Å². The minimum Gasteiger partial charge on any atom is -0.335 e. The zero-order chi connectivity index (χ0) is 18.5. The third kappa shape index (κ3) is 4.05. The van der Waals surface area contributed by atoms with Crippen molar-refractivity contribution in [2.75, 3.05) is 16.9 Å². The van der Waals surface area contributed by atoms with E-state index in [4.69, 9.17) is 5.84 Å². The van der Waals surface area contributed by atoms with Crippen LogP contribution in [0.25, 0.3) is 11.4 Å². The molecule has 0 saturated heterocycles. The van der Waals surface area contributed by atoms with Gasteiger partial charge in [-0.05, 0) is 25.0 Å². The number of nitrogens with zero attached hydrogens (tertiary/aromatic N) is 3. The number of carbonyl (C=O) groups excluding carboxylic acids is 1. The Hall–Kier alpha value is -2.80. The monoisotopic (exact) mass is 367 g/mol. The summed E-state index contributed by atoms with van der Waals surface area (Å²) >= 11 is 1.26. The summed E-state index contributed by atoms with van der Waals surface area (Å²) in [5.41, 5.74) is 4.00. The van der Waals surface area contributed by atoms with Crippen molar-refractivity contribution in [1.29, 1.82) is 0 Å². The number of benzene rings is 2. The number of anilines is 1. The molecule has 1 heterocycles. The molecule has 6 nitrogen and oxygen atoms in total. The number of aromatic nitrogens is 3. The van der Waals surface area contributed by atoms with Gasteiger partial charge in [0, 0.05) is 11.3 Å². The van der Waals surface area contributed by atoms with E-state index in [-0.39, 0.29) is 11.7 Å².